The van der Waals surface area contributed by atoms with Crippen LogP contribution in [0, 0.1) is 0 Å². The second-order valence-electron chi connectivity index (χ2n) is 5.02. The SMILES string of the molecule is O=c1c(Cl)c(N2CC(O)C2)cnn1-c1ccc(C(F)(F)F)cn1. The number of aliphatic hydroxyl groups excluding tert-OH is 1. The van der Waals surface area contributed by atoms with Gasteiger partial charge in [-0.3, -0.25) is 4.79 Å². The number of aromatic nitrogens is 3. The Balaban J connectivity index is 1.95. The molecule has 0 atom stereocenters. The number of hydrogen-bond acceptors (Lipinski definition) is 5. The quantitative estimate of drug-likeness (QED) is 0.892. The number of halogens is 4. The molecule has 0 radical (unpaired) electrons. The van der Waals surface area contributed by atoms with E-state index in [4.69, 9.17) is 11.6 Å². The first kappa shape index (κ1) is 15.8. The van der Waals surface area contributed by atoms with Crippen LogP contribution in [0.25, 0.3) is 5.82 Å². The van der Waals surface area contributed by atoms with Gasteiger partial charge in [-0.1, -0.05) is 11.6 Å². The third kappa shape index (κ3) is 2.89. The number of anilines is 1. The van der Waals surface area contributed by atoms with E-state index in [9.17, 15) is 23.1 Å². The predicted octanol–water partition coefficient (Wildman–Crippen LogP) is 1.48. The van der Waals surface area contributed by atoms with Crippen molar-refractivity contribution in [3.8, 4) is 5.82 Å². The average molecular weight is 347 g/mol. The van der Waals surface area contributed by atoms with Crippen LogP contribution in [-0.2, 0) is 6.18 Å². The van der Waals surface area contributed by atoms with Crippen LogP contribution < -0.4 is 10.5 Å². The van der Waals surface area contributed by atoms with Crippen LogP contribution in [0.2, 0.25) is 5.02 Å². The number of β-amino-alcohol motifs (C(OH)–C–C–N with tert-alkyl or cyclic N) is 1. The first-order chi connectivity index (χ1) is 10.8. The molecule has 1 aliphatic rings. The summed E-state index contributed by atoms with van der Waals surface area (Å²) in [5.41, 5.74) is -1.26. The first-order valence-electron chi connectivity index (χ1n) is 6.52. The molecule has 0 aromatic carbocycles. The summed E-state index contributed by atoms with van der Waals surface area (Å²) in [5, 5.41) is 13.0. The molecule has 10 heteroatoms. The van der Waals surface area contributed by atoms with Gasteiger partial charge in [0.15, 0.2) is 5.82 Å². The second-order valence-corrected chi connectivity index (χ2v) is 5.40. The van der Waals surface area contributed by atoms with Crippen molar-refractivity contribution in [2.45, 2.75) is 12.3 Å². The van der Waals surface area contributed by atoms with Crippen molar-refractivity contribution in [2.75, 3.05) is 18.0 Å². The smallest absolute Gasteiger partial charge is 0.389 e. The topological polar surface area (TPSA) is 71.2 Å². The van der Waals surface area contributed by atoms with Gasteiger partial charge in [0.2, 0.25) is 0 Å². The van der Waals surface area contributed by atoms with Crippen molar-refractivity contribution < 1.29 is 18.3 Å². The number of hydrogen-bond donors (Lipinski definition) is 1. The van der Waals surface area contributed by atoms with Gasteiger partial charge in [-0.15, -0.1) is 0 Å². The summed E-state index contributed by atoms with van der Waals surface area (Å²) in [6.07, 6.45) is -3.06. The van der Waals surface area contributed by atoms with Crippen LogP contribution in [0.3, 0.4) is 0 Å². The highest BCUT2D eigenvalue weighted by molar-refractivity contribution is 6.33. The molecular formula is C13H10ClF3N4O2. The monoisotopic (exact) mass is 346 g/mol. The van der Waals surface area contributed by atoms with Crippen molar-refractivity contribution in [2.24, 2.45) is 0 Å². The van der Waals surface area contributed by atoms with Crippen molar-refractivity contribution in [1.82, 2.24) is 14.8 Å². The molecule has 0 bridgehead atoms. The summed E-state index contributed by atoms with van der Waals surface area (Å²) in [6.45, 7) is 0.673. The van der Waals surface area contributed by atoms with Crippen LogP contribution in [0.1, 0.15) is 5.56 Å². The Morgan fingerprint density at radius 1 is 1.26 bits per heavy atom. The lowest BCUT2D eigenvalue weighted by Gasteiger charge is -2.37. The highest BCUT2D eigenvalue weighted by Gasteiger charge is 2.31. The molecule has 2 aromatic rings. The van der Waals surface area contributed by atoms with Gasteiger partial charge in [0.05, 0.1) is 23.6 Å². The maximum Gasteiger partial charge on any atom is 0.417 e. The zero-order valence-electron chi connectivity index (χ0n) is 11.5. The fourth-order valence-corrected chi connectivity index (χ4v) is 2.39. The fourth-order valence-electron chi connectivity index (χ4n) is 2.14. The van der Waals surface area contributed by atoms with Gasteiger partial charge in [-0.2, -0.15) is 23.0 Å². The Morgan fingerprint density at radius 3 is 2.48 bits per heavy atom. The summed E-state index contributed by atoms with van der Waals surface area (Å²) < 4.78 is 38.4. The van der Waals surface area contributed by atoms with Gasteiger partial charge < -0.3 is 10.0 Å². The number of nitrogens with zero attached hydrogens (tertiary/aromatic N) is 4. The number of alkyl halides is 3. The van der Waals surface area contributed by atoms with E-state index in [1.165, 1.54) is 6.20 Å². The summed E-state index contributed by atoms with van der Waals surface area (Å²) in [5.74, 6) is -0.0694. The van der Waals surface area contributed by atoms with E-state index in [-0.39, 0.29) is 10.8 Å². The van der Waals surface area contributed by atoms with Crippen LogP contribution in [0.5, 0.6) is 0 Å². The van der Waals surface area contributed by atoms with E-state index < -0.39 is 23.4 Å². The third-order valence-electron chi connectivity index (χ3n) is 3.40. The third-order valence-corrected chi connectivity index (χ3v) is 3.75. The van der Waals surface area contributed by atoms with Gasteiger partial charge in [0.1, 0.15) is 5.02 Å². The van der Waals surface area contributed by atoms with Gasteiger partial charge >= 0.3 is 6.18 Å². The van der Waals surface area contributed by atoms with E-state index in [0.29, 0.717) is 25.0 Å². The number of aliphatic hydroxyl groups is 1. The Morgan fingerprint density at radius 2 is 1.96 bits per heavy atom. The standard InChI is InChI=1S/C13H10ClF3N4O2/c14-11-9(20-5-8(22)6-20)4-19-21(12(11)23)10-2-1-7(3-18-10)13(15,16)17/h1-4,8,22H,5-6H2. The molecule has 1 aliphatic heterocycles. The van der Waals surface area contributed by atoms with E-state index in [1.807, 2.05) is 0 Å². The van der Waals surface area contributed by atoms with Gasteiger partial charge in [0.25, 0.3) is 5.56 Å². The van der Waals surface area contributed by atoms with Gasteiger partial charge in [-0.25, -0.2) is 4.98 Å². The van der Waals surface area contributed by atoms with E-state index in [1.54, 1.807) is 4.90 Å². The molecule has 0 saturated carbocycles. The molecule has 0 amide bonds. The molecule has 3 rings (SSSR count). The molecule has 1 saturated heterocycles. The number of rotatable bonds is 2. The summed E-state index contributed by atoms with van der Waals surface area (Å²) in [7, 11) is 0. The summed E-state index contributed by atoms with van der Waals surface area (Å²) >= 11 is 6.00. The molecule has 6 nitrogen and oxygen atoms in total. The molecule has 23 heavy (non-hydrogen) atoms. The Labute approximate surface area is 132 Å². The minimum Gasteiger partial charge on any atom is -0.389 e. The van der Waals surface area contributed by atoms with Crippen molar-refractivity contribution in [3.63, 3.8) is 0 Å². The molecule has 0 spiro atoms. The Hall–Kier alpha value is -2.13. The maximum atomic E-state index is 12.5. The fraction of sp³-hybridized carbons (Fsp3) is 0.308. The molecule has 2 aromatic heterocycles. The molecule has 0 unspecified atom stereocenters. The van der Waals surface area contributed by atoms with Crippen LogP contribution in [-0.4, -0.2) is 39.1 Å². The number of pyridine rings is 1. The van der Waals surface area contributed by atoms with Crippen LogP contribution >= 0.6 is 11.6 Å². The summed E-state index contributed by atoms with van der Waals surface area (Å²) in [4.78, 5) is 17.5. The average Bonchev–Trinajstić information content (AvgIpc) is 2.46. The van der Waals surface area contributed by atoms with Crippen LogP contribution in [0.4, 0.5) is 18.9 Å². The Bertz CT molecular complexity index is 785. The first-order valence-corrected chi connectivity index (χ1v) is 6.89. The molecular weight excluding hydrogens is 337 g/mol. The molecule has 3 heterocycles. The maximum absolute atomic E-state index is 12.5. The van der Waals surface area contributed by atoms with Crippen LogP contribution in [0.15, 0.2) is 29.3 Å². The van der Waals surface area contributed by atoms with E-state index >= 15 is 0 Å². The molecule has 1 fully saturated rings. The predicted molar refractivity (Wildman–Crippen MR) is 75.9 cm³/mol. The normalized spacial score (nSPS) is 15.6. The van der Waals surface area contributed by atoms with Crippen molar-refractivity contribution in [1.29, 1.82) is 0 Å². The minimum atomic E-state index is -4.51. The van der Waals surface area contributed by atoms with E-state index in [2.05, 4.69) is 10.1 Å². The molecule has 0 aliphatic carbocycles. The lowest BCUT2D eigenvalue weighted by Crippen LogP contribution is -2.51. The van der Waals surface area contributed by atoms with Crippen molar-refractivity contribution in [3.05, 3.63) is 45.5 Å². The summed E-state index contributed by atoms with van der Waals surface area (Å²) in [6, 6.07) is 1.85. The van der Waals surface area contributed by atoms with Gasteiger partial charge in [-0.05, 0) is 12.1 Å². The highest BCUT2D eigenvalue weighted by Crippen LogP contribution is 2.29. The zero-order chi connectivity index (χ0) is 16.8. The molecule has 122 valence electrons. The largest absolute Gasteiger partial charge is 0.417 e. The van der Waals surface area contributed by atoms with Crippen molar-refractivity contribution >= 4 is 17.3 Å². The van der Waals surface area contributed by atoms with Gasteiger partial charge in [0, 0.05) is 19.3 Å². The Kier molecular flexibility index (Phi) is 3.77. The minimum absolute atomic E-state index is 0.0694. The highest BCUT2D eigenvalue weighted by atomic mass is 35.5. The van der Waals surface area contributed by atoms with E-state index in [0.717, 1.165) is 16.8 Å². The second kappa shape index (κ2) is 5.50. The molecule has 1 N–H and O–H groups in total. The lowest BCUT2D eigenvalue weighted by atomic mass is 10.1. The zero-order valence-corrected chi connectivity index (χ0v) is 12.2. The lowest BCUT2D eigenvalue weighted by molar-refractivity contribution is -0.137.